The molecule has 152 valence electrons. The summed E-state index contributed by atoms with van der Waals surface area (Å²) in [7, 11) is 0. The molecule has 0 aliphatic heterocycles. The van der Waals surface area contributed by atoms with Gasteiger partial charge in [-0.05, 0) is 39.3 Å². The van der Waals surface area contributed by atoms with Crippen molar-refractivity contribution >= 4 is 17.5 Å². The third-order valence-electron chi connectivity index (χ3n) is 4.35. The van der Waals surface area contributed by atoms with Crippen molar-refractivity contribution in [2.24, 2.45) is 0 Å². The fraction of sp³-hybridized carbons (Fsp3) is 0.421. The molecule has 2 rings (SSSR count). The van der Waals surface area contributed by atoms with Gasteiger partial charge in [-0.15, -0.1) is 0 Å². The van der Waals surface area contributed by atoms with E-state index in [1.165, 1.54) is 23.1 Å². The van der Waals surface area contributed by atoms with Crippen LogP contribution in [-0.2, 0) is 22.2 Å². The summed E-state index contributed by atoms with van der Waals surface area (Å²) >= 11 is 0. The second-order valence-electron chi connectivity index (χ2n) is 6.30. The van der Waals surface area contributed by atoms with Gasteiger partial charge < -0.3 is 14.7 Å². The molecular weight excluding hydrogens is 375 g/mol. The first kappa shape index (κ1) is 21.5. The summed E-state index contributed by atoms with van der Waals surface area (Å²) in [6.45, 7) is 5.16. The predicted molar refractivity (Wildman–Crippen MR) is 96.6 cm³/mol. The molecule has 1 aromatic heterocycles. The maximum Gasteiger partial charge on any atom is 0.418 e. The highest BCUT2D eigenvalue weighted by Gasteiger charge is 2.33. The Morgan fingerprint density at radius 3 is 2.46 bits per heavy atom. The molecular formula is C19H22F3N3O3. The molecule has 0 radical (unpaired) electrons. The molecule has 0 saturated carbocycles. The number of halogens is 3. The number of aromatic nitrogens is 1. The molecule has 9 heteroatoms. The topological polar surface area (TPSA) is 75.4 Å². The summed E-state index contributed by atoms with van der Waals surface area (Å²) in [5, 5.41) is 6.07. The Labute approximate surface area is 160 Å². The predicted octanol–water partition coefficient (Wildman–Crippen LogP) is 3.73. The van der Waals surface area contributed by atoms with Gasteiger partial charge in [-0.2, -0.15) is 13.2 Å². The highest BCUT2D eigenvalue weighted by Crippen LogP contribution is 2.34. The summed E-state index contributed by atoms with van der Waals surface area (Å²) in [6.07, 6.45) is -4.03. The molecule has 2 amide bonds. The summed E-state index contributed by atoms with van der Waals surface area (Å²) in [5.41, 5.74) is 0.276. The van der Waals surface area contributed by atoms with Crippen LogP contribution in [0.25, 0.3) is 0 Å². The Balaban J connectivity index is 1.99. The molecule has 0 aliphatic rings. The summed E-state index contributed by atoms with van der Waals surface area (Å²) in [6, 6.07) is 4.71. The van der Waals surface area contributed by atoms with Gasteiger partial charge in [0.2, 0.25) is 11.8 Å². The maximum atomic E-state index is 13.0. The van der Waals surface area contributed by atoms with E-state index in [0.29, 0.717) is 17.9 Å². The second kappa shape index (κ2) is 8.90. The van der Waals surface area contributed by atoms with Gasteiger partial charge in [0.25, 0.3) is 0 Å². The van der Waals surface area contributed by atoms with Crippen LogP contribution in [0, 0.1) is 13.8 Å². The number of carbonyl (C=O) groups is 2. The van der Waals surface area contributed by atoms with E-state index >= 15 is 0 Å². The standard InChI is InChI=1S/C19H22F3N3O3/c1-4-25(18(27)10-9-14-12(2)24-28-13(14)3)11-17(26)23-16-8-6-5-7-15(16)19(20,21)22/h5-8H,4,9-11H2,1-3H3,(H,23,26). The van der Waals surface area contributed by atoms with E-state index < -0.39 is 17.6 Å². The molecule has 28 heavy (non-hydrogen) atoms. The number of anilines is 1. The molecule has 1 heterocycles. The van der Waals surface area contributed by atoms with Crippen LogP contribution in [0.1, 0.15) is 35.9 Å². The van der Waals surface area contributed by atoms with Gasteiger partial charge in [-0.1, -0.05) is 17.3 Å². The number of nitrogens with one attached hydrogen (secondary N) is 1. The lowest BCUT2D eigenvalue weighted by Gasteiger charge is -2.21. The summed E-state index contributed by atoms with van der Waals surface area (Å²) < 4.78 is 44.1. The molecule has 6 nitrogen and oxygen atoms in total. The van der Waals surface area contributed by atoms with Crippen LogP contribution in [0.2, 0.25) is 0 Å². The Hall–Kier alpha value is -2.84. The van der Waals surface area contributed by atoms with Crippen LogP contribution in [0.15, 0.2) is 28.8 Å². The zero-order valence-electron chi connectivity index (χ0n) is 15.9. The van der Waals surface area contributed by atoms with Crippen LogP contribution in [0.3, 0.4) is 0 Å². The van der Waals surface area contributed by atoms with Crippen molar-refractivity contribution in [1.29, 1.82) is 0 Å². The molecule has 0 bridgehead atoms. The number of carbonyl (C=O) groups excluding carboxylic acids is 2. The normalized spacial score (nSPS) is 11.4. The fourth-order valence-electron chi connectivity index (χ4n) is 2.83. The third-order valence-corrected chi connectivity index (χ3v) is 4.35. The SMILES string of the molecule is CCN(CC(=O)Nc1ccccc1C(F)(F)F)C(=O)CCc1c(C)noc1C. The number of alkyl halides is 3. The molecule has 0 unspecified atom stereocenters. The van der Waals surface area contributed by atoms with E-state index in [4.69, 9.17) is 4.52 Å². The Morgan fingerprint density at radius 1 is 1.21 bits per heavy atom. The van der Waals surface area contributed by atoms with Gasteiger partial charge in [0, 0.05) is 18.5 Å². The molecule has 1 N–H and O–H groups in total. The van der Waals surface area contributed by atoms with E-state index in [2.05, 4.69) is 10.5 Å². The van der Waals surface area contributed by atoms with E-state index in [9.17, 15) is 22.8 Å². The highest BCUT2D eigenvalue weighted by molar-refractivity contribution is 5.95. The van der Waals surface area contributed by atoms with E-state index in [-0.39, 0.29) is 31.1 Å². The number of hydrogen-bond donors (Lipinski definition) is 1. The average Bonchev–Trinajstić information content (AvgIpc) is 2.95. The number of likely N-dealkylation sites (N-methyl/N-ethyl adjacent to an activating group) is 1. The van der Waals surface area contributed by atoms with Crippen LogP contribution in [0.5, 0.6) is 0 Å². The smallest absolute Gasteiger partial charge is 0.361 e. The minimum atomic E-state index is -4.58. The quantitative estimate of drug-likeness (QED) is 0.773. The van der Waals surface area contributed by atoms with Crippen LogP contribution >= 0.6 is 0 Å². The number of nitrogens with zero attached hydrogens (tertiary/aromatic N) is 2. The largest absolute Gasteiger partial charge is 0.418 e. The maximum absolute atomic E-state index is 13.0. The van der Waals surface area contributed by atoms with Crippen molar-refractivity contribution in [3.05, 3.63) is 46.8 Å². The van der Waals surface area contributed by atoms with Crippen molar-refractivity contribution in [3.8, 4) is 0 Å². The number of para-hydroxylation sites is 1. The van der Waals surface area contributed by atoms with E-state index in [1.54, 1.807) is 20.8 Å². The minimum absolute atomic E-state index is 0.142. The van der Waals surface area contributed by atoms with Gasteiger partial charge in [-0.3, -0.25) is 9.59 Å². The van der Waals surface area contributed by atoms with Crippen LogP contribution in [-0.4, -0.2) is 35.0 Å². The molecule has 0 spiro atoms. The Kier molecular flexibility index (Phi) is 6.82. The zero-order valence-corrected chi connectivity index (χ0v) is 15.9. The molecule has 0 atom stereocenters. The van der Waals surface area contributed by atoms with Crippen molar-refractivity contribution in [2.45, 2.75) is 39.8 Å². The van der Waals surface area contributed by atoms with Crippen molar-refractivity contribution in [1.82, 2.24) is 10.1 Å². The first-order valence-corrected chi connectivity index (χ1v) is 8.79. The Bertz CT molecular complexity index is 827. The van der Waals surface area contributed by atoms with Gasteiger partial charge in [-0.25, -0.2) is 0 Å². The number of benzene rings is 1. The van der Waals surface area contributed by atoms with Crippen molar-refractivity contribution < 1.29 is 27.3 Å². The van der Waals surface area contributed by atoms with Gasteiger partial charge in [0.1, 0.15) is 5.76 Å². The zero-order chi connectivity index (χ0) is 20.9. The van der Waals surface area contributed by atoms with E-state index in [0.717, 1.165) is 11.6 Å². The van der Waals surface area contributed by atoms with Gasteiger partial charge in [0.05, 0.1) is 23.5 Å². The Morgan fingerprint density at radius 2 is 1.89 bits per heavy atom. The third kappa shape index (κ3) is 5.34. The minimum Gasteiger partial charge on any atom is -0.361 e. The number of amides is 2. The van der Waals surface area contributed by atoms with Gasteiger partial charge >= 0.3 is 6.18 Å². The summed E-state index contributed by atoms with van der Waals surface area (Å²) in [4.78, 5) is 25.9. The van der Waals surface area contributed by atoms with Gasteiger partial charge in [0.15, 0.2) is 0 Å². The molecule has 2 aromatic rings. The van der Waals surface area contributed by atoms with Crippen molar-refractivity contribution in [2.75, 3.05) is 18.4 Å². The van der Waals surface area contributed by atoms with Crippen molar-refractivity contribution in [3.63, 3.8) is 0 Å². The molecule has 0 aliphatic carbocycles. The van der Waals surface area contributed by atoms with Crippen LogP contribution in [0.4, 0.5) is 18.9 Å². The first-order valence-electron chi connectivity index (χ1n) is 8.79. The highest BCUT2D eigenvalue weighted by atomic mass is 19.4. The first-order chi connectivity index (χ1) is 13.1. The number of aryl methyl sites for hydroxylation is 2. The second-order valence-corrected chi connectivity index (χ2v) is 6.30. The number of hydrogen-bond acceptors (Lipinski definition) is 4. The summed E-state index contributed by atoms with van der Waals surface area (Å²) in [5.74, 6) is -0.333. The lowest BCUT2D eigenvalue weighted by atomic mass is 10.1. The van der Waals surface area contributed by atoms with Crippen LogP contribution < -0.4 is 5.32 Å². The van der Waals surface area contributed by atoms with E-state index in [1.807, 2.05) is 0 Å². The average molecular weight is 397 g/mol. The fourth-order valence-corrected chi connectivity index (χ4v) is 2.83. The monoisotopic (exact) mass is 397 g/mol. The molecule has 0 saturated heterocycles. The molecule has 1 aromatic carbocycles. The molecule has 0 fully saturated rings. The lowest BCUT2D eigenvalue weighted by Crippen LogP contribution is -2.38. The number of rotatable bonds is 7. The lowest BCUT2D eigenvalue weighted by molar-refractivity contribution is -0.137.